The fraction of sp³-hybridized carbons (Fsp3) is 0.350. The van der Waals surface area contributed by atoms with Crippen LogP contribution in [0.25, 0.3) is 0 Å². The van der Waals surface area contributed by atoms with Gasteiger partial charge < -0.3 is 24.4 Å². The molecular weight excluding hydrogens is 336 g/mol. The molecule has 0 amide bonds. The minimum Gasteiger partial charge on any atom is -0.504 e. The molecule has 2 aromatic carbocycles. The van der Waals surface area contributed by atoms with Crippen molar-refractivity contribution in [1.82, 2.24) is 0 Å². The van der Waals surface area contributed by atoms with E-state index in [1.54, 1.807) is 13.0 Å². The van der Waals surface area contributed by atoms with E-state index in [1.807, 2.05) is 20.8 Å². The summed E-state index contributed by atoms with van der Waals surface area (Å²) in [7, 11) is 1.52. The third-order valence-electron chi connectivity index (χ3n) is 3.78. The number of aromatic hydroxyl groups is 2. The Morgan fingerprint density at radius 2 is 1.77 bits per heavy atom. The van der Waals surface area contributed by atoms with E-state index >= 15 is 0 Å². The molecule has 0 unspecified atom stereocenters. The molecule has 2 rings (SSSR count). The summed E-state index contributed by atoms with van der Waals surface area (Å²) in [5, 5.41) is 20.7. The molecule has 0 heterocycles. The highest BCUT2D eigenvalue weighted by atomic mass is 16.5. The quantitative estimate of drug-likeness (QED) is 0.770. The summed E-state index contributed by atoms with van der Waals surface area (Å²) < 4.78 is 15.9. The van der Waals surface area contributed by atoms with E-state index in [0.29, 0.717) is 11.3 Å². The van der Waals surface area contributed by atoms with Gasteiger partial charge in [0.05, 0.1) is 19.3 Å². The lowest BCUT2D eigenvalue weighted by atomic mass is 9.86. The van der Waals surface area contributed by atoms with Crippen LogP contribution < -0.4 is 9.47 Å². The molecule has 0 bridgehead atoms. The number of hydrogen-bond acceptors (Lipinski definition) is 6. The third-order valence-corrected chi connectivity index (χ3v) is 3.78. The van der Waals surface area contributed by atoms with Crippen molar-refractivity contribution in [2.45, 2.75) is 33.1 Å². The summed E-state index contributed by atoms with van der Waals surface area (Å²) in [6.07, 6.45) is 0. The van der Waals surface area contributed by atoms with Crippen LogP contribution in [0.1, 0.15) is 43.6 Å². The highest BCUT2D eigenvalue weighted by Crippen LogP contribution is 2.44. The summed E-state index contributed by atoms with van der Waals surface area (Å²) in [5.41, 5.74) is 0.511. The van der Waals surface area contributed by atoms with Crippen LogP contribution in [0.5, 0.6) is 28.7 Å². The van der Waals surface area contributed by atoms with Gasteiger partial charge in [0, 0.05) is 11.6 Å². The Bertz CT molecular complexity index is 805. The van der Waals surface area contributed by atoms with Crippen molar-refractivity contribution in [1.29, 1.82) is 0 Å². The van der Waals surface area contributed by atoms with E-state index in [-0.39, 0.29) is 40.6 Å². The number of esters is 1. The first-order chi connectivity index (χ1) is 12.2. The van der Waals surface area contributed by atoms with Gasteiger partial charge in [-0.2, -0.15) is 0 Å². The molecule has 0 atom stereocenters. The number of methoxy groups -OCH3 is 1. The van der Waals surface area contributed by atoms with Crippen molar-refractivity contribution in [2.24, 2.45) is 0 Å². The van der Waals surface area contributed by atoms with E-state index in [9.17, 15) is 15.0 Å². The minimum atomic E-state index is -0.525. The molecule has 0 saturated heterocycles. The number of benzene rings is 2. The van der Waals surface area contributed by atoms with Gasteiger partial charge >= 0.3 is 5.97 Å². The fourth-order valence-corrected chi connectivity index (χ4v) is 2.41. The number of hydrogen-bond donors (Lipinski definition) is 2. The predicted molar refractivity (Wildman–Crippen MR) is 97.5 cm³/mol. The van der Waals surface area contributed by atoms with Crippen LogP contribution >= 0.6 is 0 Å². The second kappa shape index (κ2) is 7.56. The molecule has 0 aliphatic heterocycles. The molecule has 0 radical (unpaired) electrons. The molecule has 2 N–H and O–H groups in total. The Balaban J connectivity index is 2.48. The summed E-state index contributed by atoms with van der Waals surface area (Å²) in [4.78, 5) is 11.9. The number of ether oxygens (including phenoxy) is 3. The van der Waals surface area contributed by atoms with Crippen LogP contribution in [0.3, 0.4) is 0 Å². The van der Waals surface area contributed by atoms with Crippen LogP contribution in [0.4, 0.5) is 0 Å². The Hall–Kier alpha value is -2.89. The zero-order chi connectivity index (χ0) is 19.5. The molecule has 6 nitrogen and oxygen atoms in total. The molecular formula is C20H24O6. The van der Waals surface area contributed by atoms with Gasteiger partial charge in [0.15, 0.2) is 23.0 Å². The van der Waals surface area contributed by atoms with Crippen molar-refractivity contribution in [3.8, 4) is 28.7 Å². The second-order valence-electron chi connectivity index (χ2n) is 6.78. The Labute approximate surface area is 152 Å². The average Bonchev–Trinajstić information content (AvgIpc) is 2.57. The molecule has 26 heavy (non-hydrogen) atoms. The van der Waals surface area contributed by atoms with E-state index in [2.05, 4.69) is 0 Å². The maximum atomic E-state index is 11.9. The van der Waals surface area contributed by atoms with Crippen molar-refractivity contribution < 1.29 is 29.2 Å². The smallest absolute Gasteiger partial charge is 0.338 e. The summed E-state index contributed by atoms with van der Waals surface area (Å²) >= 11 is 0. The van der Waals surface area contributed by atoms with E-state index in [4.69, 9.17) is 14.2 Å². The number of rotatable bonds is 5. The summed E-state index contributed by atoms with van der Waals surface area (Å²) in [6.45, 7) is 7.79. The molecule has 0 aliphatic rings. The Kier molecular flexibility index (Phi) is 5.65. The SMILES string of the molecule is CCOC(=O)c1ccc(O)c(Oc2cc(OC)cc(C(C)(C)C)c2O)c1. The molecule has 0 aromatic heterocycles. The Morgan fingerprint density at radius 3 is 2.35 bits per heavy atom. The maximum Gasteiger partial charge on any atom is 0.338 e. The molecule has 0 spiro atoms. The standard InChI is InChI=1S/C20H24O6/c1-6-25-19(23)12-7-8-15(21)16(9-12)26-17-11-13(24-5)10-14(18(17)22)20(2,3)4/h7-11,21-22H,6H2,1-5H3. The van der Waals surface area contributed by atoms with E-state index in [0.717, 1.165) is 0 Å². The maximum absolute atomic E-state index is 11.9. The fourth-order valence-electron chi connectivity index (χ4n) is 2.41. The zero-order valence-corrected chi connectivity index (χ0v) is 15.6. The van der Waals surface area contributed by atoms with Gasteiger partial charge in [-0.05, 0) is 36.6 Å². The van der Waals surface area contributed by atoms with Gasteiger partial charge in [-0.1, -0.05) is 20.8 Å². The van der Waals surface area contributed by atoms with Crippen molar-refractivity contribution in [2.75, 3.05) is 13.7 Å². The van der Waals surface area contributed by atoms with Crippen LogP contribution in [0, 0.1) is 0 Å². The monoisotopic (exact) mass is 360 g/mol. The number of carbonyl (C=O) groups is 1. The molecule has 6 heteroatoms. The second-order valence-corrected chi connectivity index (χ2v) is 6.78. The minimum absolute atomic E-state index is 0.0268. The van der Waals surface area contributed by atoms with E-state index < -0.39 is 5.97 Å². The van der Waals surface area contributed by atoms with Crippen molar-refractivity contribution >= 4 is 5.97 Å². The number of phenolic OH excluding ortho intramolecular Hbond substituents is 2. The van der Waals surface area contributed by atoms with Crippen LogP contribution in [-0.4, -0.2) is 29.9 Å². The van der Waals surface area contributed by atoms with Gasteiger partial charge in [-0.3, -0.25) is 0 Å². The predicted octanol–water partition coefficient (Wildman–Crippen LogP) is 4.37. The molecule has 0 saturated carbocycles. The summed E-state index contributed by atoms with van der Waals surface area (Å²) in [5.74, 6) is -0.104. The lowest BCUT2D eigenvalue weighted by molar-refractivity contribution is 0.0526. The highest BCUT2D eigenvalue weighted by molar-refractivity contribution is 5.90. The lowest BCUT2D eigenvalue weighted by Crippen LogP contribution is -2.12. The first-order valence-electron chi connectivity index (χ1n) is 8.26. The number of carbonyl (C=O) groups excluding carboxylic acids is 1. The van der Waals surface area contributed by atoms with Gasteiger partial charge in [0.1, 0.15) is 5.75 Å². The first kappa shape index (κ1) is 19.4. The normalized spacial score (nSPS) is 11.1. The topological polar surface area (TPSA) is 85.2 Å². The first-order valence-corrected chi connectivity index (χ1v) is 8.26. The van der Waals surface area contributed by atoms with Crippen LogP contribution in [0.15, 0.2) is 30.3 Å². The third kappa shape index (κ3) is 4.20. The van der Waals surface area contributed by atoms with Gasteiger partial charge in [0.2, 0.25) is 0 Å². The average molecular weight is 360 g/mol. The zero-order valence-electron chi connectivity index (χ0n) is 15.6. The number of phenols is 2. The highest BCUT2D eigenvalue weighted by Gasteiger charge is 2.23. The van der Waals surface area contributed by atoms with Crippen molar-refractivity contribution in [3.05, 3.63) is 41.5 Å². The van der Waals surface area contributed by atoms with Gasteiger partial charge in [-0.15, -0.1) is 0 Å². The summed E-state index contributed by atoms with van der Waals surface area (Å²) in [6, 6.07) is 7.39. The van der Waals surface area contributed by atoms with Crippen molar-refractivity contribution in [3.63, 3.8) is 0 Å². The van der Waals surface area contributed by atoms with Gasteiger partial charge in [0.25, 0.3) is 0 Å². The van der Waals surface area contributed by atoms with Crippen LogP contribution in [0.2, 0.25) is 0 Å². The van der Waals surface area contributed by atoms with E-state index in [1.165, 1.54) is 31.4 Å². The Morgan fingerprint density at radius 1 is 1.08 bits per heavy atom. The largest absolute Gasteiger partial charge is 0.504 e. The molecule has 2 aromatic rings. The lowest BCUT2D eigenvalue weighted by Gasteiger charge is -2.23. The molecule has 140 valence electrons. The molecule has 0 aliphatic carbocycles. The molecule has 0 fully saturated rings. The van der Waals surface area contributed by atoms with Crippen LogP contribution in [-0.2, 0) is 10.2 Å². The van der Waals surface area contributed by atoms with Gasteiger partial charge in [-0.25, -0.2) is 4.79 Å².